The molecule has 3 nitrogen and oxygen atoms in total. The van der Waals surface area contributed by atoms with E-state index in [1.807, 2.05) is 0 Å². The quantitative estimate of drug-likeness (QED) is 0.749. The second kappa shape index (κ2) is 3.48. The van der Waals surface area contributed by atoms with Crippen LogP contribution in [-0.2, 0) is 4.79 Å². The molecule has 2 aliphatic carbocycles. The molecule has 2 saturated carbocycles. The Morgan fingerprint density at radius 1 is 1.53 bits per heavy atom. The van der Waals surface area contributed by atoms with Gasteiger partial charge in [-0.2, -0.15) is 0 Å². The lowest BCUT2D eigenvalue weighted by Gasteiger charge is -2.27. The van der Waals surface area contributed by atoms with Crippen molar-refractivity contribution in [3.8, 4) is 0 Å². The first-order valence-corrected chi connectivity index (χ1v) is 5.91. The molecule has 2 rings (SSSR count). The third kappa shape index (κ3) is 1.67. The molecule has 3 N–H and O–H groups in total. The highest BCUT2D eigenvalue weighted by molar-refractivity contribution is 5.73. The third-order valence-corrected chi connectivity index (χ3v) is 4.86. The molecule has 0 aromatic rings. The Morgan fingerprint density at radius 3 is 2.60 bits per heavy atom. The van der Waals surface area contributed by atoms with Gasteiger partial charge in [0.05, 0.1) is 0 Å². The van der Waals surface area contributed by atoms with Crippen molar-refractivity contribution in [2.75, 3.05) is 0 Å². The molecule has 15 heavy (non-hydrogen) atoms. The molecule has 0 heterocycles. The predicted molar refractivity (Wildman–Crippen MR) is 58.3 cm³/mol. The molecule has 0 aromatic heterocycles. The van der Waals surface area contributed by atoms with Gasteiger partial charge in [-0.15, -0.1) is 0 Å². The Balaban J connectivity index is 2.00. The van der Waals surface area contributed by atoms with Crippen LogP contribution in [0.1, 0.15) is 39.5 Å². The van der Waals surface area contributed by atoms with Crippen molar-refractivity contribution >= 4 is 5.97 Å². The smallest absolute Gasteiger partial charge is 0.320 e. The molecule has 0 saturated heterocycles. The Kier molecular flexibility index (Phi) is 2.53. The monoisotopic (exact) mass is 211 g/mol. The molecular formula is C12H21NO2. The highest BCUT2D eigenvalue weighted by atomic mass is 16.4. The van der Waals surface area contributed by atoms with Gasteiger partial charge in [-0.3, -0.25) is 4.79 Å². The minimum atomic E-state index is -0.851. The number of rotatable bonds is 3. The number of hydrogen-bond acceptors (Lipinski definition) is 2. The molecule has 0 aromatic carbocycles. The van der Waals surface area contributed by atoms with E-state index >= 15 is 0 Å². The van der Waals surface area contributed by atoms with Crippen molar-refractivity contribution in [2.24, 2.45) is 28.9 Å². The number of hydrogen-bond donors (Lipinski definition) is 2. The van der Waals surface area contributed by atoms with Crippen molar-refractivity contribution in [3.05, 3.63) is 0 Å². The normalized spacial score (nSPS) is 39.3. The summed E-state index contributed by atoms with van der Waals surface area (Å²) in [5.74, 6) is 1.20. The summed E-state index contributed by atoms with van der Waals surface area (Å²) in [6.07, 6.45) is 4.46. The van der Waals surface area contributed by atoms with Crippen LogP contribution in [0.15, 0.2) is 0 Å². The predicted octanol–water partition coefficient (Wildman–Crippen LogP) is 1.86. The zero-order chi connectivity index (χ0) is 11.2. The Morgan fingerprint density at radius 2 is 2.20 bits per heavy atom. The van der Waals surface area contributed by atoms with Crippen LogP contribution in [0.2, 0.25) is 0 Å². The van der Waals surface area contributed by atoms with Crippen LogP contribution in [0.25, 0.3) is 0 Å². The summed E-state index contributed by atoms with van der Waals surface area (Å²) < 4.78 is 0. The Hall–Kier alpha value is -0.570. The minimum absolute atomic E-state index is 0.420. The number of carboxylic acids is 1. The van der Waals surface area contributed by atoms with Gasteiger partial charge in [0.25, 0.3) is 0 Å². The second-order valence-corrected chi connectivity index (χ2v) is 5.88. The SMILES string of the molecule is CC1(C)C2CCC1[C@@H](C[C@@H](N)C(=O)O)C2. The average Bonchev–Trinajstić information content (AvgIpc) is 2.54. The highest BCUT2D eigenvalue weighted by Gasteiger charge is 2.53. The molecule has 0 amide bonds. The summed E-state index contributed by atoms with van der Waals surface area (Å²) in [5.41, 5.74) is 6.04. The van der Waals surface area contributed by atoms with E-state index in [-0.39, 0.29) is 0 Å². The number of aliphatic carboxylic acids is 1. The first kappa shape index (κ1) is 10.9. The standard InChI is InChI=1S/C12H21NO2/c1-12(2)8-3-4-9(12)7(5-8)6-10(13)11(14)15/h7-10H,3-6,13H2,1-2H3,(H,14,15)/t7-,8?,9?,10-/m1/s1. The van der Waals surface area contributed by atoms with Gasteiger partial charge in [0.15, 0.2) is 0 Å². The summed E-state index contributed by atoms with van der Waals surface area (Å²) >= 11 is 0. The summed E-state index contributed by atoms with van der Waals surface area (Å²) in [5, 5.41) is 8.82. The first-order valence-electron chi connectivity index (χ1n) is 5.91. The Labute approximate surface area is 91.0 Å². The fraction of sp³-hybridized carbons (Fsp3) is 0.917. The lowest BCUT2D eigenvalue weighted by Crippen LogP contribution is -2.34. The molecule has 2 bridgehead atoms. The van der Waals surface area contributed by atoms with E-state index in [0.717, 1.165) is 5.92 Å². The second-order valence-electron chi connectivity index (χ2n) is 5.88. The van der Waals surface area contributed by atoms with Gasteiger partial charge in [-0.1, -0.05) is 13.8 Å². The van der Waals surface area contributed by atoms with Crippen molar-refractivity contribution < 1.29 is 9.90 Å². The van der Waals surface area contributed by atoms with E-state index < -0.39 is 12.0 Å². The van der Waals surface area contributed by atoms with Crippen LogP contribution in [0, 0.1) is 23.2 Å². The van der Waals surface area contributed by atoms with E-state index in [2.05, 4.69) is 13.8 Å². The number of carbonyl (C=O) groups is 1. The summed E-state index contributed by atoms with van der Waals surface area (Å²) in [6, 6.07) is -0.662. The molecule has 2 fully saturated rings. The maximum absolute atomic E-state index is 10.7. The zero-order valence-electron chi connectivity index (χ0n) is 9.57. The van der Waals surface area contributed by atoms with Crippen LogP contribution >= 0.6 is 0 Å². The molecule has 86 valence electrons. The molecule has 2 unspecified atom stereocenters. The van der Waals surface area contributed by atoms with Crippen LogP contribution in [0.3, 0.4) is 0 Å². The minimum Gasteiger partial charge on any atom is -0.480 e. The summed E-state index contributed by atoms with van der Waals surface area (Å²) in [7, 11) is 0. The molecule has 3 heteroatoms. The van der Waals surface area contributed by atoms with Crippen molar-refractivity contribution in [3.63, 3.8) is 0 Å². The first-order chi connectivity index (χ1) is 6.93. The van der Waals surface area contributed by atoms with E-state index in [0.29, 0.717) is 23.7 Å². The van der Waals surface area contributed by atoms with Crippen LogP contribution in [-0.4, -0.2) is 17.1 Å². The molecule has 4 atom stereocenters. The van der Waals surface area contributed by atoms with Gasteiger partial charge in [-0.25, -0.2) is 0 Å². The lowest BCUT2D eigenvalue weighted by molar-refractivity contribution is -0.139. The van der Waals surface area contributed by atoms with Gasteiger partial charge in [0.1, 0.15) is 6.04 Å². The summed E-state index contributed by atoms with van der Waals surface area (Å²) in [6.45, 7) is 4.67. The van der Waals surface area contributed by atoms with E-state index in [1.54, 1.807) is 0 Å². The van der Waals surface area contributed by atoms with Crippen LogP contribution in [0.4, 0.5) is 0 Å². The van der Waals surface area contributed by atoms with E-state index in [4.69, 9.17) is 10.8 Å². The third-order valence-electron chi connectivity index (χ3n) is 4.86. The molecular weight excluding hydrogens is 190 g/mol. The van der Waals surface area contributed by atoms with Crippen LogP contribution < -0.4 is 5.73 Å². The fourth-order valence-corrected chi connectivity index (χ4v) is 3.91. The van der Waals surface area contributed by atoms with Gasteiger partial charge in [-0.05, 0) is 48.9 Å². The maximum Gasteiger partial charge on any atom is 0.320 e. The molecule has 0 radical (unpaired) electrons. The van der Waals surface area contributed by atoms with E-state index in [9.17, 15) is 4.79 Å². The maximum atomic E-state index is 10.7. The van der Waals surface area contributed by atoms with Gasteiger partial charge < -0.3 is 10.8 Å². The van der Waals surface area contributed by atoms with Gasteiger partial charge in [0, 0.05) is 0 Å². The van der Waals surface area contributed by atoms with Gasteiger partial charge >= 0.3 is 5.97 Å². The lowest BCUT2D eigenvalue weighted by atomic mass is 9.78. The molecule has 0 spiro atoms. The summed E-state index contributed by atoms with van der Waals surface area (Å²) in [4.78, 5) is 10.7. The molecule has 0 aliphatic heterocycles. The number of fused-ring (bicyclic) bond motifs is 2. The Bertz CT molecular complexity index is 275. The largest absolute Gasteiger partial charge is 0.480 e. The topological polar surface area (TPSA) is 63.3 Å². The van der Waals surface area contributed by atoms with Crippen molar-refractivity contribution in [1.82, 2.24) is 0 Å². The zero-order valence-corrected chi connectivity index (χ0v) is 9.57. The van der Waals surface area contributed by atoms with Crippen LogP contribution in [0.5, 0.6) is 0 Å². The van der Waals surface area contributed by atoms with Crippen molar-refractivity contribution in [2.45, 2.75) is 45.6 Å². The molecule has 2 aliphatic rings. The van der Waals surface area contributed by atoms with Crippen molar-refractivity contribution in [1.29, 1.82) is 0 Å². The van der Waals surface area contributed by atoms with E-state index in [1.165, 1.54) is 19.3 Å². The average molecular weight is 211 g/mol. The van der Waals surface area contributed by atoms with Gasteiger partial charge in [0.2, 0.25) is 0 Å². The highest BCUT2D eigenvalue weighted by Crippen LogP contribution is 2.61. The number of nitrogens with two attached hydrogens (primary N) is 1. The fourth-order valence-electron chi connectivity index (χ4n) is 3.91. The number of carboxylic acid groups (broad SMARTS) is 1.